The quantitative estimate of drug-likeness (QED) is 0.768. The lowest BCUT2D eigenvalue weighted by Crippen LogP contribution is -2.47. The SMILES string of the molecule is Fc1ccc(CNC2CC3CC=CC32)cc1. The van der Waals surface area contributed by atoms with E-state index in [1.165, 1.54) is 25.0 Å². The topological polar surface area (TPSA) is 12.0 Å². The standard InChI is InChI=1S/C14H16FN/c15-12-6-4-10(5-7-12)9-16-14-8-11-2-1-3-13(11)14/h1,3-7,11,13-14,16H,2,8-9H2. The van der Waals surface area contributed by atoms with Crippen LogP contribution in [-0.2, 0) is 6.54 Å². The highest BCUT2D eigenvalue weighted by molar-refractivity contribution is 5.17. The lowest BCUT2D eigenvalue weighted by Gasteiger charge is -2.40. The third-order valence-electron chi connectivity index (χ3n) is 3.84. The molecular formula is C14H16FN. The maximum Gasteiger partial charge on any atom is 0.123 e. The van der Waals surface area contributed by atoms with E-state index in [4.69, 9.17) is 0 Å². The molecule has 2 aliphatic rings. The summed E-state index contributed by atoms with van der Waals surface area (Å²) in [5.41, 5.74) is 1.16. The van der Waals surface area contributed by atoms with Crippen molar-refractivity contribution in [2.75, 3.05) is 0 Å². The molecule has 16 heavy (non-hydrogen) atoms. The fraction of sp³-hybridized carbons (Fsp3) is 0.429. The van der Waals surface area contributed by atoms with Crippen LogP contribution < -0.4 is 5.32 Å². The highest BCUT2D eigenvalue weighted by Gasteiger charge is 2.40. The van der Waals surface area contributed by atoms with Crippen LogP contribution in [0.3, 0.4) is 0 Å². The number of benzene rings is 1. The van der Waals surface area contributed by atoms with Crippen molar-refractivity contribution in [3.63, 3.8) is 0 Å². The molecule has 3 rings (SSSR count). The molecule has 1 saturated carbocycles. The van der Waals surface area contributed by atoms with E-state index < -0.39 is 0 Å². The van der Waals surface area contributed by atoms with Crippen LogP contribution in [-0.4, -0.2) is 6.04 Å². The molecule has 0 heterocycles. The van der Waals surface area contributed by atoms with Crippen LogP contribution >= 0.6 is 0 Å². The molecule has 1 aromatic rings. The zero-order valence-corrected chi connectivity index (χ0v) is 9.20. The van der Waals surface area contributed by atoms with Gasteiger partial charge in [-0.1, -0.05) is 24.3 Å². The Morgan fingerprint density at radius 1 is 1.25 bits per heavy atom. The van der Waals surface area contributed by atoms with Gasteiger partial charge in [0.1, 0.15) is 5.82 Å². The van der Waals surface area contributed by atoms with Gasteiger partial charge in [0.15, 0.2) is 0 Å². The first-order valence-electron chi connectivity index (χ1n) is 5.97. The molecule has 0 bridgehead atoms. The number of hydrogen-bond donors (Lipinski definition) is 1. The van der Waals surface area contributed by atoms with Crippen LogP contribution in [0.5, 0.6) is 0 Å². The van der Waals surface area contributed by atoms with E-state index in [9.17, 15) is 4.39 Å². The van der Waals surface area contributed by atoms with Gasteiger partial charge in [0, 0.05) is 12.6 Å². The van der Waals surface area contributed by atoms with E-state index in [2.05, 4.69) is 17.5 Å². The van der Waals surface area contributed by atoms with E-state index in [1.54, 1.807) is 0 Å². The minimum Gasteiger partial charge on any atom is -0.309 e. The molecule has 0 saturated heterocycles. The van der Waals surface area contributed by atoms with Crippen molar-refractivity contribution in [3.8, 4) is 0 Å². The van der Waals surface area contributed by atoms with E-state index >= 15 is 0 Å². The molecule has 0 amide bonds. The summed E-state index contributed by atoms with van der Waals surface area (Å²) < 4.78 is 12.7. The van der Waals surface area contributed by atoms with Gasteiger partial charge in [-0.05, 0) is 42.4 Å². The molecule has 84 valence electrons. The van der Waals surface area contributed by atoms with Gasteiger partial charge in [-0.3, -0.25) is 0 Å². The summed E-state index contributed by atoms with van der Waals surface area (Å²) in [5.74, 6) is 1.48. The minimum atomic E-state index is -0.161. The average molecular weight is 217 g/mol. The number of fused-ring (bicyclic) bond motifs is 1. The van der Waals surface area contributed by atoms with Crippen molar-refractivity contribution >= 4 is 0 Å². The first-order chi connectivity index (χ1) is 7.83. The molecule has 2 heteroatoms. The third-order valence-corrected chi connectivity index (χ3v) is 3.84. The number of halogens is 1. The van der Waals surface area contributed by atoms with Crippen molar-refractivity contribution in [1.82, 2.24) is 5.32 Å². The minimum absolute atomic E-state index is 0.161. The molecule has 0 aliphatic heterocycles. The lowest BCUT2D eigenvalue weighted by atomic mass is 9.71. The van der Waals surface area contributed by atoms with Crippen LogP contribution in [0.15, 0.2) is 36.4 Å². The number of hydrogen-bond acceptors (Lipinski definition) is 1. The van der Waals surface area contributed by atoms with Gasteiger partial charge in [-0.25, -0.2) is 4.39 Å². The lowest BCUT2D eigenvalue weighted by molar-refractivity contribution is 0.162. The maximum absolute atomic E-state index is 12.7. The third kappa shape index (κ3) is 1.78. The van der Waals surface area contributed by atoms with Gasteiger partial charge in [0.25, 0.3) is 0 Å². The monoisotopic (exact) mass is 217 g/mol. The van der Waals surface area contributed by atoms with Gasteiger partial charge in [0.05, 0.1) is 0 Å². The first-order valence-corrected chi connectivity index (χ1v) is 5.97. The summed E-state index contributed by atoms with van der Waals surface area (Å²) in [6, 6.07) is 7.38. The summed E-state index contributed by atoms with van der Waals surface area (Å²) in [7, 11) is 0. The molecule has 0 radical (unpaired) electrons. The van der Waals surface area contributed by atoms with Gasteiger partial charge in [-0.2, -0.15) is 0 Å². The second-order valence-electron chi connectivity index (χ2n) is 4.85. The molecule has 1 N–H and O–H groups in total. The molecule has 0 spiro atoms. The molecule has 1 aromatic carbocycles. The highest BCUT2D eigenvalue weighted by Crippen LogP contribution is 2.42. The Morgan fingerprint density at radius 2 is 2.06 bits per heavy atom. The molecule has 3 unspecified atom stereocenters. The molecule has 3 atom stereocenters. The summed E-state index contributed by atoms with van der Waals surface area (Å²) in [6.45, 7) is 0.849. The number of nitrogens with one attached hydrogen (secondary N) is 1. The van der Waals surface area contributed by atoms with E-state index in [0.717, 1.165) is 23.9 Å². The first kappa shape index (κ1) is 10.0. The van der Waals surface area contributed by atoms with E-state index in [0.29, 0.717) is 6.04 Å². The van der Waals surface area contributed by atoms with Gasteiger partial charge >= 0.3 is 0 Å². The smallest absolute Gasteiger partial charge is 0.123 e. The van der Waals surface area contributed by atoms with Crippen LogP contribution in [0.1, 0.15) is 18.4 Å². The molecule has 1 nitrogen and oxygen atoms in total. The highest BCUT2D eigenvalue weighted by atomic mass is 19.1. The van der Waals surface area contributed by atoms with Crippen LogP contribution in [0.25, 0.3) is 0 Å². The molecule has 2 aliphatic carbocycles. The second kappa shape index (κ2) is 4.02. The zero-order chi connectivity index (χ0) is 11.0. The normalized spacial score (nSPS) is 31.2. The summed E-state index contributed by atoms with van der Waals surface area (Å²) in [4.78, 5) is 0. The summed E-state index contributed by atoms with van der Waals surface area (Å²) >= 11 is 0. The number of rotatable bonds is 3. The van der Waals surface area contributed by atoms with E-state index in [-0.39, 0.29) is 5.82 Å². The summed E-state index contributed by atoms with van der Waals surface area (Å²) in [6.07, 6.45) is 7.20. The Balaban J connectivity index is 1.53. The zero-order valence-electron chi connectivity index (χ0n) is 9.20. The van der Waals surface area contributed by atoms with Crippen molar-refractivity contribution in [1.29, 1.82) is 0 Å². The predicted octanol–water partition coefficient (Wildman–Crippen LogP) is 2.88. The molecule has 1 fully saturated rings. The molecule has 0 aromatic heterocycles. The van der Waals surface area contributed by atoms with Crippen LogP contribution in [0.2, 0.25) is 0 Å². The Labute approximate surface area is 95.4 Å². The number of allylic oxidation sites excluding steroid dienone is 1. The van der Waals surface area contributed by atoms with Crippen molar-refractivity contribution in [3.05, 3.63) is 47.8 Å². The summed E-state index contributed by atoms with van der Waals surface area (Å²) in [5, 5.41) is 3.55. The van der Waals surface area contributed by atoms with Gasteiger partial charge < -0.3 is 5.32 Å². The van der Waals surface area contributed by atoms with E-state index in [1.807, 2.05) is 12.1 Å². The van der Waals surface area contributed by atoms with Gasteiger partial charge in [0.2, 0.25) is 0 Å². The predicted molar refractivity (Wildman–Crippen MR) is 62.4 cm³/mol. The van der Waals surface area contributed by atoms with Gasteiger partial charge in [-0.15, -0.1) is 0 Å². The largest absolute Gasteiger partial charge is 0.309 e. The van der Waals surface area contributed by atoms with Crippen LogP contribution in [0.4, 0.5) is 4.39 Å². The average Bonchev–Trinajstić information content (AvgIpc) is 2.63. The fourth-order valence-electron chi connectivity index (χ4n) is 2.80. The Hall–Kier alpha value is -1.15. The second-order valence-corrected chi connectivity index (χ2v) is 4.85. The molecular weight excluding hydrogens is 201 g/mol. The van der Waals surface area contributed by atoms with Crippen molar-refractivity contribution < 1.29 is 4.39 Å². The Morgan fingerprint density at radius 3 is 2.81 bits per heavy atom. The van der Waals surface area contributed by atoms with Crippen molar-refractivity contribution in [2.24, 2.45) is 11.8 Å². The maximum atomic E-state index is 12.7. The Bertz CT molecular complexity index is 396. The van der Waals surface area contributed by atoms with Crippen LogP contribution in [0, 0.1) is 17.7 Å². The fourth-order valence-corrected chi connectivity index (χ4v) is 2.80. The Kier molecular flexibility index (Phi) is 2.52. The van der Waals surface area contributed by atoms with Crippen molar-refractivity contribution in [2.45, 2.75) is 25.4 Å².